The summed E-state index contributed by atoms with van der Waals surface area (Å²) in [7, 11) is 0. The van der Waals surface area contributed by atoms with Gasteiger partial charge in [-0.1, -0.05) is 152 Å². The lowest BCUT2D eigenvalue weighted by Crippen LogP contribution is -2.23. The first kappa shape index (κ1) is 34.7. The SMILES string of the molecule is [2H]c1cc2c(oc3c(-c4cc(C([2H])([2H])[2H])c(C([2H])([2H])C([2H])([2H])c5cc(CC(C)(C)c6ccc(-c7ccccc7)nc6)cc(CC(C)(C)c6ccc(-c7ccccc7)nc6)c5)cn4)cccc32)c(CC(C)(C)C)n1. The summed E-state index contributed by atoms with van der Waals surface area (Å²) in [6, 6.07) is 42.1. The molecule has 0 unspecified atom stereocenters. The minimum absolute atomic E-state index is 0.0766. The summed E-state index contributed by atoms with van der Waals surface area (Å²) in [5.74, 6) is 0. The summed E-state index contributed by atoms with van der Waals surface area (Å²) in [5, 5.41) is 1.41. The second-order valence-corrected chi connectivity index (χ2v) is 19.7. The summed E-state index contributed by atoms with van der Waals surface area (Å²) in [6.45, 7) is 11.9. The Balaban J connectivity index is 1.11. The van der Waals surface area contributed by atoms with Gasteiger partial charge in [-0.05, 0) is 124 Å². The van der Waals surface area contributed by atoms with Crippen molar-refractivity contribution in [3.63, 3.8) is 0 Å². The van der Waals surface area contributed by atoms with E-state index in [1.807, 2.05) is 97.3 Å². The van der Waals surface area contributed by atoms with E-state index in [4.69, 9.17) is 19.9 Å². The van der Waals surface area contributed by atoms with Crippen LogP contribution in [0.15, 0.2) is 163 Å². The number of aryl methyl sites for hydroxylation is 3. The molecule has 0 aliphatic heterocycles. The molecule has 0 atom stereocenters. The Kier molecular flexibility index (Phi) is 9.43. The zero-order valence-electron chi connectivity index (χ0n) is 46.3. The van der Waals surface area contributed by atoms with Gasteiger partial charge in [0.2, 0.25) is 0 Å². The Bertz CT molecular complexity index is 3340. The number of rotatable bonds is 13. The molecular formula is C60H60N4O. The van der Waals surface area contributed by atoms with E-state index in [0.29, 0.717) is 52.5 Å². The van der Waals surface area contributed by atoms with Gasteiger partial charge in [0.15, 0.2) is 5.58 Å². The van der Waals surface area contributed by atoms with Crippen molar-refractivity contribution < 1.29 is 15.4 Å². The predicted molar refractivity (Wildman–Crippen MR) is 269 cm³/mol. The van der Waals surface area contributed by atoms with Crippen molar-refractivity contribution in [2.75, 3.05) is 0 Å². The standard InChI is InChI=1S/C60H60N4O/c1-40-30-54(51-21-15-20-49-50-28-29-61-55(36-58(2,3)4)57(50)65-56(49)51)62-37-46(40)23-22-41-31-42(34-59(5,6)47-24-26-52(63-38-47)44-16-11-9-12-17-44)33-43(32-41)35-60(7,8)48-25-27-53(64-39-48)45-18-13-10-14-19-45/h9-21,24-33,37-39H,22-23,34-36H2,1-8H3/i1D3,22D2,23D2,29D. The Morgan fingerprint density at radius 2 is 1.09 bits per heavy atom. The maximum Gasteiger partial charge on any atom is 0.156 e. The number of aromatic nitrogens is 4. The fraction of sp³-hybridized carbons (Fsp3) is 0.267. The maximum absolute atomic E-state index is 9.81. The minimum atomic E-state index is -2.90. The van der Waals surface area contributed by atoms with Crippen molar-refractivity contribution in [2.45, 2.75) is 98.2 Å². The molecule has 0 N–H and O–H groups in total. The lowest BCUT2D eigenvalue weighted by Gasteiger charge is -2.28. The van der Waals surface area contributed by atoms with Crippen LogP contribution < -0.4 is 0 Å². The van der Waals surface area contributed by atoms with Crippen molar-refractivity contribution in [2.24, 2.45) is 5.41 Å². The monoisotopic (exact) mass is 861 g/mol. The topological polar surface area (TPSA) is 64.7 Å². The van der Waals surface area contributed by atoms with E-state index in [1.54, 1.807) is 24.3 Å². The summed E-state index contributed by atoms with van der Waals surface area (Å²) < 4.78 is 80.3. The van der Waals surface area contributed by atoms with Gasteiger partial charge in [-0.25, -0.2) is 0 Å². The number of nitrogens with zero attached hydrogens (tertiary/aromatic N) is 4. The maximum atomic E-state index is 9.81. The molecule has 65 heavy (non-hydrogen) atoms. The zero-order chi connectivity index (χ0) is 52.3. The van der Waals surface area contributed by atoms with Crippen molar-refractivity contribution in [1.82, 2.24) is 19.9 Å². The van der Waals surface area contributed by atoms with E-state index in [2.05, 4.69) is 76.6 Å². The highest BCUT2D eigenvalue weighted by Gasteiger charge is 2.26. The predicted octanol–water partition coefficient (Wildman–Crippen LogP) is 14.9. The van der Waals surface area contributed by atoms with Crippen molar-refractivity contribution in [1.29, 1.82) is 0 Å². The van der Waals surface area contributed by atoms with Crippen LogP contribution in [0.4, 0.5) is 0 Å². The fourth-order valence-corrected chi connectivity index (χ4v) is 8.80. The van der Waals surface area contributed by atoms with Crippen molar-refractivity contribution in [3.05, 3.63) is 203 Å². The van der Waals surface area contributed by atoms with Gasteiger partial charge in [0.05, 0.1) is 24.1 Å². The van der Waals surface area contributed by atoms with E-state index in [0.717, 1.165) is 44.8 Å². The van der Waals surface area contributed by atoms with Gasteiger partial charge >= 0.3 is 0 Å². The van der Waals surface area contributed by atoms with Crippen molar-refractivity contribution >= 4 is 21.9 Å². The number of hydrogen-bond acceptors (Lipinski definition) is 5. The van der Waals surface area contributed by atoms with Crippen molar-refractivity contribution in [3.8, 4) is 33.8 Å². The third-order valence-corrected chi connectivity index (χ3v) is 12.2. The highest BCUT2D eigenvalue weighted by molar-refractivity contribution is 6.09. The molecule has 0 radical (unpaired) electrons. The van der Waals surface area contributed by atoms with Crippen LogP contribution in [-0.4, -0.2) is 19.9 Å². The van der Waals surface area contributed by atoms with Gasteiger partial charge in [0, 0.05) is 61.8 Å². The van der Waals surface area contributed by atoms with Crippen LogP contribution in [-0.2, 0) is 42.8 Å². The normalized spacial score (nSPS) is 14.8. The molecule has 5 nitrogen and oxygen atoms in total. The van der Waals surface area contributed by atoms with Gasteiger partial charge in [-0.15, -0.1) is 0 Å². The summed E-state index contributed by atoms with van der Waals surface area (Å²) in [5.41, 5.74) is 7.79. The first-order valence-electron chi connectivity index (χ1n) is 26.3. The van der Waals surface area contributed by atoms with Gasteiger partial charge in [-0.2, -0.15) is 0 Å². The number of hydrogen-bond donors (Lipinski definition) is 0. The van der Waals surface area contributed by atoms with Crippen LogP contribution in [0.2, 0.25) is 0 Å². The fourth-order valence-electron chi connectivity index (χ4n) is 8.80. The molecule has 0 aliphatic rings. The lowest BCUT2D eigenvalue weighted by atomic mass is 9.77. The molecule has 9 rings (SSSR count). The average Bonchev–Trinajstić information content (AvgIpc) is 3.72. The molecule has 5 heterocycles. The third kappa shape index (κ3) is 9.71. The van der Waals surface area contributed by atoms with E-state index < -0.39 is 30.4 Å². The Morgan fingerprint density at radius 3 is 1.65 bits per heavy atom. The molecular weight excluding hydrogens is 793 g/mol. The second-order valence-electron chi connectivity index (χ2n) is 19.7. The van der Waals surface area contributed by atoms with E-state index in [9.17, 15) is 5.48 Å². The second kappa shape index (κ2) is 17.7. The largest absolute Gasteiger partial charge is 0.453 e. The number of benzene rings is 4. The van der Waals surface area contributed by atoms with E-state index in [1.165, 1.54) is 12.3 Å². The zero-order valence-corrected chi connectivity index (χ0v) is 38.3. The number of furan rings is 1. The highest BCUT2D eigenvalue weighted by Crippen LogP contribution is 2.38. The molecule has 5 heteroatoms. The molecule has 4 aromatic carbocycles. The average molecular weight is 861 g/mol. The van der Waals surface area contributed by atoms with Crippen LogP contribution in [0.3, 0.4) is 0 Å². The van der Waals surface area contributed by atoms with Crippen LogP contribution in [0.1, 0.15) is 104 Å². The molecule has 0 fully saturated rings. The minimum Gasteiger partial charge on any atom is -0.453 e. The first-order valence-corrected chi connectivity index (χ1v) is 22.3. The summed E-state index contributed by atoms with van der Waals surface area (Å²) >= 11 is 0. The number of pyridine rings is 4. The van der Waals surface area contributed by atoms with Crippen LogP contribution in [0.5, 0.6) is 0 Å². The van der Waals surface area contributed by atoms with E-state index >= 15 is 0 Å². The molecule has 0 saturated carbocycles. The molecule has 9 aromatic rings. The van der Waals surface area contributed by atoms with Crippen LogP contribution in [0.25, 0.3) is 55.7 Å². The molecule has 0 spiro atoms. The van der Waals surface area contributed by atoms with Gasteiger partial charge < -0.3 is 4.42 Å². The lowest BCUT2D eigenvalue weighted by molar-refractivity contribution is 0.405. The summed E-state index contributed by atoms with van der Waals surface area (Å²) in [4.78, 5) is 18.8. The molecule has 0 amide bonds. The quantitative estimate of drug-likeness (QED) is 0.116. The van der Waals surface area contributed by atoms with E-state index in [-0.39, 0.29) is 34.0 Å². The highest BCUT2D eigenvalue weighted by atomic mass is 16.3. The Hall–Kier alpha value is -6.72. The number of fused-ring (bicyclic) bond motifs is 3. The Morgan fingerprint density at radius 1 is 0.523 bits per heavy atom. The Labute approximate surface area is 396 Å². The molecule has 326 valence electrons. The molecule has 0 aliphatic carbocycles. The van der Waals surface area contributed by atoms with Crippen LogP contribution >= 0.6 is 0 Å². The van der Waals surface area contributed by atoms with Gasteiger partial charge in [-0.3, -0.25) is 19.9 Å². The number of para-hydroxylation sites is 1. The molecule has 0 bridgehead atoms. The van der Waals surface area contributed by atoms with Crippen LogP contribution in [0, 0.1) is 12.3 Å². The third-order valence-electron chi connectivity index (χ3n) is 12.2. The van der Waals surface area contributed by atoms with Gasteiger partial charge in [0.1, 0.15) is 5.58 Å². The summed E-state index contributed by atoms with van der Waals surface area (Å²) in [6.07, 6.45) is 0.859. The smallest absolute Gasteiger partial charge is 0.156 e. The molecule has 0 saturated heterocycles. The first-order chi connectivity index (χ1) is 34.3. The molecule has 5 aromatic heterocycles. The van der Waals surface area contributed by atoms with Gasteiger partial charge in [0.25, 0.3) is 0 Å².